The number of nitrogens with one attached hydrogen (secondary N) is 1. The number of ether oxygens (including phenoxy) is 1. The Morgan fingerprint density at radius 3 is 3.22 bits per heavy atom. The smallest absolute Gasteiger partial charge is 0.132 e. The number of hydrogen-bond acceptors (Lipinski definition) is 5. The Bertz CT molecular complexity index is 372. The summed E-state index contributed by atoms with van der Waals surface area (Å²) in [6.07, 6.45) is 2.98. The van der Waals surface area contributed by atoms with Crippen LogP contribution in [-0.2, 0) is 4.74 Å². The maximum absolute atomic E-state index is 5.57. The summed E-state index contributed by atoms with van der Waals surface area (Å²) < 4.78 is 5.57. The van der Waals surface area contributed by atoms with E-state index in [4.69, 9.17) is 4.74 Å². The summed E-state index contributed by atoms with van der Waals surface area (Å²) in [6.45, 7) is 8.52. The summed E-state index contributed by atoms with van der Waals surface area (Å²) in [4.78, 5) is 11.0. The number of anilines is 1. The molecule has 1 aromatic heterocycles. The molecule has 1 saturated heterocycles. The molecule has 5 nitrogen and oxygen atoms in total. The average Bonchev–Trinajstić information content (AvgIpc) is 2.40. The highest BCUT2D eigenvalue weighted by Crippen LogP contribution is 2.16. The van der Waals surface area contributed by atoms with Gasteiger partial charge < -0.3 is 15.0 Å². The van der Waals surface area contributed by atoms with Gasteiger partial charge in [-0.3, -0.25) is 0 Å². The highest BCUT2D eigenvalue weighted by Gasteiger charge is 2.23. The molecule has 5 heteroatoms. The zero-order chi connectivity index (χ0) is 12.8. The highest BCUT2D eigenvalue weighted by molar-refractivity contribution is 5.39. The quantitative estimate of drug-likeness (QED) is 0.790. The standard InChI is InChI=1S/C13H22N4O/c1-3-5-14-9-12-10-18-8-7-17(12)13-4-6-15-11(2)16-13/h4,6,12,14H,3,5,7-10H2,1-2H3. The van der Waals surface area contributed by atoms with E-state index >= 15 is 0 Å². The molecule has 1 aliphatic heterocycles. The van der Waals surface area contributed by atoms with E-state index in [1.807, 2.05) is 19.2 Å². The molecule has 0 saturated carbocycles. The van der Waals surface area contributed by atoms with Crippen LogP contribution in [0.5, 0.6) is 0 Å². The van der Waals surface area contributed by atoms with Crippen LogP contribution in [0.4, 0.5) is 5.82 Å². The molecule has 1 atom stereocenters. The maximum Gasteiger partial charge on any atom is 0.132 e. The summed E-state index contributed by atoms with van der Waals surface area (Å²) in [5, 5.41) is 3.45. The van der Waals surface area contributed by atoms with Crippen molar-refractivity contribution in [3.63, 3.8) is 0 Å². The summed E-state index contributed by atoms with van der Waals surface area (Å²) in [7, 11) is 0. The number of morpholine rings is 1. The van der Waals surface area contributed by atoms with E-state index in [1.54, 1.807) is 0 Å². The predicted octanol–water partition coefficient (Wildman–Crippen LogP) is 0.990. The Balaban J connectivity index is 2.03. The SMILES string of the molecule is CCCNCC1COCCN1c1ccnc(C)n1. The largest absolute Gasteiger partial charge is 0.377 e. The Hall–Kier alpha value is -1.20. The number of nitrogens with zero attached hydrogens (tertiary/aromatic N) is 3. The van der Waals surface area contributed by atoms with Gasteiger partial charge in [0.05, 0.1) is 19.3 Å². The van der Waals surface area contributed by atoms with Crippen LogP contribution < -0.4 is 10.2 Å². The van der Waals surface area contributed by atoms with Crippen molar-refractivity contribution < 1.29 is 4.74 Å². The van der Waals surface area contributed by atoms with Crippen molar-refractivity contribution in [3.8, 4) is 0 Å². The zero-order valence-corrected chi connectivity index (χ0v) is 11.2. The number of aromatic nitrogens is 2. The number of aryl methyl sites for hydroxylation is 1. The molecule has 0 aromatic carbocycles. The number of hydrogen-bond donors (Lipinski definition) is 1. The Kier molecular flexibility index (Phi) is 4.90. The monoisotopic (exact) mass is 250 g/mol. The lowest BCUT2D eigenvalue weighted by atomic mass is 10.2. The van der Waals surface area contributed by atoms with Gasteiger partial charge >= 0.3 is 0 Å². The second-order valence-corrected chi connectivity index (χ2v) is 4.59. The average molecular weight is 250 g/mol. The van der Waals surface area contributed by atoms with Gasteiger partial charge in [-0.2, -0.15) is 0 Å². The molecule has 0 radical (unpaired) electrons. The third-order valence-corrected chi connectivity index (χ3v) is 3.09. The van der Waals surface area contributed by atoms with Crippen LogP contribution in [0.15, 0.2) is 12.3 Å². The predicted molar refractivity (Wildman–Crippen MR) is 71.9 cm³/mol. The van der Waals surface area contributed by atoms with Crippen LogP contribution in [0.3, 0.4) is 0 Å². The van der Waals surface area contributed by atoms with E-state index in [2.05, 4.69) is 27.1 Å². The summed E-state index contributed by atoms with van der Waals surface area (Å²) >= 11 is 0. The van der Waals surface area contributed by atoms with E-state index in [1.165, 1.54) is 0 Å². The summed E-state index contributed by atoms with van der Waals surface area (Å²) in [5.41, 5.74) is 0. The third-order valence-electron chi connectivity index (χ3n) is 3.09. The highest BCUT2D eigenvalue weighted by atomic mass is 16.5. The topological polar surface area (TPSA) is 50.3 Å². The Morgan fingerprint density at radius 2 is 2.44 bits per heavy atom. The normalized spacial score (nSPS) is 20.1. The molecule has 0 bridgehead atoms. The first-order valence-electron chi connectivity index (χ1n) is 6.66. The van der Waals surface area contributed by atoms with E-state index in [0.29, 0.717) is 6.04 Å². The van der Waals surface area contributed by atoms with Gasteiger partial charge in [-0.15, -0.1) is 0 Å². The van der Waals surface area contributed by atoms with Gasteiger partial charge in [-0.05, 0) is 26.0 Å². The lowest BCUT2D eigenvalue weighted by Gasteiger charge is -2.36. The fourth-order valence-electron chi connectivity index (χ4n) is 2.17. The van der Waals surface area contributed by atoms with Crippen LogP contribution in [-0.4, -0.2) is 48.9 Å². The van der Waals surface area contributed by atoms with Gasteiger partial charge in [0.2, 0.25) is 0 Å². The minimum absolute atomic E-state index is 0.361. The van der Waals surface area contributed by atoms with Crippen LogP contribution in [0.1, 0.15) is 19.2 Å². The molecule has 2 heterocycles. The fourth-order valence-corrected chi connectivity index (χ4v) is 2.17. The first kappa shape index (κ1) is 13.2. The van der Waals surface area contributed by atoms with E-state index in [-0.39, 0.29) is 0 Å². The molecule has 0 aliphatic carbocycles. The third kappa shape index (κ3) is 3.40. The van der Waals surface area contributed by atoms with Gasteiger partial charge in [-0.25, -0.2) is 9.97 Å². The van der Waals surface area contributed by atoms with Gasteiger partial charge in [0.25, 0.3) is 0 Å². The minimum atomic E-state index is 0.361. The second-order valence-electron chi connectivity index (χ2n) is 4.59. The van der Waals surface area contributed by atoms with Crippen molar-refractivity contribution in [2.45, 2.75) is 26.3 Å². The van der Waals surface area contributed by atoms with Crippen LogP contribution >= 0.6 is 0 Å². The number of rotatable bonds is 5. The zero-order valence-electron chi connectivity index (χ0n) is 11.2. The summed E-state index contributed by atoms with van der Waals surface area (Å²) in [5.74, 6) is 1.83. The van der Waals surface area contributed by atoms with Gasteiger partial charge in [0.15, 0.2) is 0 Å². The van der Waals surface area contributed by atoms with E-state index in [9.17, 15) is 0 Å². The second kappa shape index (κ2) is 6.66. The molecule has 2 rings (SSSR count). The molecule has 18 heavy (non-hydrogen) atoms. The molecule has 1 N–H and O–H groups in total. The molecule has 1 aliphatic rings. The van der Waals surface area contributed by atoms with Crippen molar-refractivity contribution >= 4 is 5.82 Å². The molecule has 0 spiro atoms. The molecule has 1 unspecified atom stereocenters. The van der Waals surface area contributed by atoms with Crippen LogP contribution in [0, 0.1) is 6.92 Å². The molecule has 100 valence electrons. The lowest BCUT2D eigenvalue weighted by molar-refractivity contribution is 0.0933. The first-order valence-corrected chi connectivity index (χ1v) is 6.66. The van der Waals surface area contributed by atoms with Crippen molar-refractivity contribution in [1.82, 2.24) is 15.3 Å². The van der Waals surface area contributed by atoms with E-state index < -0.39 is 0 Å². The van der Waals surface area contributed by atoms with E-state index in [0.717, 1.165) is 50.9 Å². The molecule has 1 aromatic rings. The Labute approximate surface area is 109 Å². The molecular weight excluding hydrogens is 228 g/mol. The Morgan fingerprint density at radius 1 is 1.56 bits per heavy atom. The molecular formula is C13H22N4O. The van der Waals surface area contributed by atoms with Crippen molar-refractivity contribution in [1.29, 1.82) is 0 Å². The maximum atomic E-state index is 5.57. The van der Waals surface area contributed by atoms with Gasteiger partial charge in [0.1, 0.15) is 11.6 Å². The first-order chi connectivity index (χ1) is 8.81. The summed E-state index contributed by atoms with van der Waals surface area (Å²) in [6, 6.07) is 2.34. The molecule has 1 fully saturated rings. The van der Waals surface area contributed by atoms with Gasteiger partial charge in [0, 0.05) is 19.3 Å². The van der Waals surface area contributed by atoms with Crippen molar-refractivity contribution in [2.24, 2.45) is 0 Å². The van der Waals surface area contributed by atoms with Crippen LogP contribution in [0.2, 0.25) is 0 Å². The minimum Gasteiger partial charge on any atom is -0.377 e. The lowest BCUT2D eigenvalue weighted by Crippen LogP contribution is -2.51. The fraction of sp³-hybridized carbons (Fsp3) is 0.692. The van der Waals surface area contributed by atoms with Crippen molar-refractivity contribution in [3.05, 3.63) is 18.1 Å². The van der Waals surface area contributed by atoms with Gasteiger partial charge in [-0.1, -0.05) is 6.92 Å². The van der Waals surface area contributed by atoms with Crippen LogP contribution in [0.25, 0.3) is 0 Å². The van der Waals surface area contributed by atoms with Crippen molar-refractivity contribution in [2.75, 3.05) is 37.7 Å². The molecule has 0 amide bonds.